The molecule has 1 aliphatic rings. The second kappa shape index (κ2) is 5.97. The molecule has 1 aliphatic heterocycles. The molecule has 1 N–H and O–H groups in total. The molecule has 0 unspecified atom stereocenters. The van der Waals surface area contributed by atoms with Crippen LogP contribution in [-0.2, 0) is 6.54 Å². The van der Waals surface area contributed by atoms with E-state index in [1.807, 2.05) is 18.5 Å². The van der Waals surface area contributed by atoms with Crippen molar-refractivity contribution < 1.29 is 0 Å². The molecule has 16 heavy (non-hydrogen) atoms. The molecule has 1 aromatic rings. The summed E-state index contributed by atoms with van der Waals surface area (Å²) >= 11 is 0. The van der Waals surface area contributed by atoms with Crippen LogP contribution in [0.2, 0.25) is 0 Å². The van der Waals surface area contributed by atoms with Crippen molar-refractivity contribution in [2.75, 3.05) is 19.6 Å². The fourth-order valence-corrected chi connectivity index (χ4v) is 2.36. The highest BCUT2D eigenvalue weighted by molar-refractivity contribution is 5.08. The number of piperazine rings is 1. The molecule has 1 saturated heterocycles. The number of nitrogens with one attached hydrogen (secondary N) is 1. The van der Waals surface area contributed by atoms with Gasteiger partial charge in [-0.2, -0.15) is 0 Å². The number of pyridine rings is 1. The molecule has 3 nitrogen and oxygen atoms in total. The summed E-state index contributed by atoms with van der Waals surface area (Å²) in [5, 5.41) is 3.48. The predicted octanol–water partition coefficient (Wildman–Crippen LogP) is 1.66. The summed E-state index contributed by atoms with van der Waals surface area (Å²) in [6, 6.07) is 4.88. The van der Waals surface area contributed by atoms with Gasteiger partial charge in [0.25, 0.3) is 0 Å². The smallest absolute Gasteiger partial charge is 0.0312 e. The Labute approximate surface area is 97.9 Å². The van der Waals surface area contributed by atoms with Gasteiger partial charge in [-0.1, -0.05) is 19.4 Å². The van der Waals surface area contributed by atoms with Crippen molar-refractivity contribution in [3.8, 4) is 0 Å². The Morgan fingerprint density at radius 3 is 3.25 bits per heavy atom. The van der Waals surface area contributed by atoms with E-state index in [1.54, 1.807) is 0 Å². The third-order valence-electron chi connectivity index (χ3n) is 3.20. The van der Waals surface area contributed by atoms with Gasteiger partial charge in [-0.25, -0.2) is 0 Å². The van der Waals surface area contributed by atoms with Gasteiger partial charge in [0, 0.05) is 44.6 Å². The molecule has 0 aliphatic carbocycles. The van der Waals surface area contributed by atoms with Crippen molar-refractivity contribution in [3.05, 3.63) is 30.1 Å². The largest absolute Gasteiger partial charge is 0.314 e. The van der Waals surface area contributed by atoms with Crippen LogP contribution in [0, 0.1) is 0 Å². The van der Waals surface area contributed by atoms with Crippen LogP contribution < -0.4 is 5.32 Å². The summed E-state index contributed by atoms with van der Waals surface area (Å²) in [5.74, 6) is 0. The van der Waals surface area contributed by atoms with Gasteiger partial charge in [-0.15, -0.1) is 0 Å². The zero-order chi connectivity index (χ0) is 11.2. The molecule has 3 heteroatoms. The highest BCUT2D eigenvalue weighted by atomic mass is 15.2. The second-order valence-corrected chi connectivity index (χ2v) is 4.48. The van der Waals surface area contributed by atoms with E-state index in [0.717, 1.165) is 26.2 Å². The molecule has 0 radical (unpaired) electrons. The van der Waals surface area contributed by atoms with Gasteiger partial charge in [-0.05, 0) is 18.1 Å². The Balaban J connectivity index is 1.96. The number of hydrogen-bond donors (Lipinski definition) is 1. The molecule has 0 saturated carbocycles. The lowest BCUT2D eigenvalue weighted by Crippen LogP contribution is -2.50. The Morgan fingerprint density at radius 1 is 1.56 bits per heavy atom. The van der Waals surface area contributed by atoms with E-state index >= 15 is 0 Å². The SMILES string of the molecule is CCC[C@@H]1CNCCN1Cc1cccnc1. The van der Waals surface area contributed by atoms with Crippen LogP contribution in [0.25, 0.3) is 0 Å². The van der Waals surface area contributed by atoms with E-state index in [-0.39, 0.29) is 0 Å². The molecule has 0 amide bonds. The third kappa shape index (κ3) is 3.03. The number of rotatable bonds is 4. The molecule has 0 bridgehead atoms. The van der Waals surface area contributed by atoms with E-state index in [2.05, 4.69) is 28.2 Å². The van der Waals surface area contributed by atoms with Crippen LogP contribution in [0.4, 0.5) is 0 Å². The van der Waals surface area contributed by atoms with Crippen LogP contribution in [0.15, 0.2) is 24.5 Å². The average Bonchev–Trinajstić information content (AvgIpc) is 2.33. The minimum atomic E-state index is 0.693. The Bertz CT molecular complexity index is 297. The molecule has 1 fully saturated rings. The summed E-state index contributed by atoms with van der Waals surface area (Å²) in [7, 11) is 0. The van der Waals surface area contributed by atoms with Crippen molar-refractivity contribution in [2.24, 2.45) is 0 Å². The van der Waals surface area contributed by atoms with Crippen LogP contribution in [0.1, 0.15) is 25.3 Å². The van der Waals surface area contributed by atoms with Gasteiger partial charge in [-0.3, -0.25) is 9.88 Å². The standard InChI is InChI=1S/C13H21N3/c1-2-4-13-10-15-7-8-16(13)11-12-5-3-6-14-9-12/h3,5-6,9,13,15H,2,4,7-8,10-11H2,1H3/t13-/m1/s1. The van der Waals surface area contributed by atoms with Gasteiger partial charge in [0.05, 0.1) is 0 Å². The molecule has 88 valence electrons. The lowest BCUT2D eigenvalue weighted by atomic mass is 10.1. The minimum Gasteiger partial charge on any atom is -0.314 e. The lowest BCUT2D eigenvalue weighted by Gasteiger charge is -2.36. The highest BCUT2D eigenvalue weighted by Crippen LogP contribution is 2.13. The average molecular weight is 219 g/mol. The van der Waals surface area contributed by atoms with Gasteiger partial charge < -0.3 is 5.32 Å². The van der Waals surface area contributed by atoms with E-state index < -0.39 is 0 Å². The van der Waals surface area contributed by atoms with E-state index in [1.165, 1.54) is 18.4 Å². The van der Waals surface area contributed by atoms with Gasteiger partial charge in [0.1, 0.15) is 0 Å². The molecular formula is C13H21N3. The molecule has 1 aromatic heterocycles. The maximum Gasteiger partial charge on any atom is 0.0312 e. The van der Waals surface area contributed by atoms with Crippen LogP contribution >= 0.6 is 0 Å². The Kier molecular flexibility index (Phi) is 4.31. The first-order chi connectivity index (χ1) is 7.90. The molecule has 2 rings (SSSR count). The highest BCUT2D eigenvalue weighted by Gasteiger charge is 2.20. The second-order valence-electron chi connectivity index (χ2n) is 4.48. The quantitative estimate of drug-likeness (QED) is 0.834. The first-order valence-corrected chi connectivity index (χ1v) is 6.24. The monoisotopic (exact) mass is 219 g/mol. The maximum absolute atomic E-state index is 4.18. The Hall–Kier alpha value is -0.930. The zero-order valence-corrected chi connectivity index (χ0v) is 10.0. The predicted molar refractivity (Wildman–Crippen MR) is 66.2 cm³/mol. The number of hydrogen-bond acceptors (Lipinski definition) is 3. The summed E-state index contributed by atoms with van der Waals surface area (Å²) in [6.07, 6.45) is 6.36. The van der Waals surface area contributed by atoms with Crippen molar-refractivity contribution >= 4 is 0 Å². The summed E-state index contributed by atoms with van der Waals surface area (Å²) in [4.78, 5) is 6.76. The topological polar surface area (TPSA) is 28.2 Å². The van der Waals surface area contributed by atoms with E-state index in [4.69, 9.17) is 0 Å². The first-order valence-electron chi connectivity index (χ1n) is 6.24. The summed E-state index contributed by atoms with van der Waals surface area (Å²) in [5.41, 5.74) is 1.32. The fraction of sp³-hybridized carbons (Fsp3) is 0.615. The van der Waals surface area contributed by atoms with Gasteiger partial charge >= 0.3 is 0 Å². The number of nitrogens with zero attached hydrogens (tertiary/aromatic N) is 2. The zero-order valence-electron chi connectivity index (χ0n) is 10.0. The van der Waals surface area contributed by atoms with Gasteiger partial charge in [0.15, 0.2) is 0 Å². The van der Waals surface area contributed by atoms with E-state index in [9.17, 15) is 0 Å². The van der Waals surface area contributed by atoms with Crippen molar-refractivity contribution in [1.82, 2.24) is 15.2 Å². The van der Waals surface area contributed by atoms with E-state index in [0.29, 0.717) is 6.04 Å². The molecular weight excluding hydrogens is 198 g/mol. The summed E-state index contributed by atoms with van der Waals surface area (Å²) < 4.78 is 0. The normalized spacial score (nSPS) is 22.2. The van der Waals surface area contributed by atoms with Crippen molar-refractivity contribution in [3.63, 3.8) is 0 Å². The number of aromatic nitrogens is 1. The third-order valence-corrected chi connectivity index (χ3v) is 3.20. The minimum absolute atomic E-state index is 0.693. The molecule has 0 aromatic carbocycles. The molecule has 0 spiro atoms. The molecule has 1 atom stereocenters. The maximum atomic E-state index is 4.18. The van der Waals surface area contributed by atoms with Crippen molar-refractivity contribution in [2.45, 2.75) is 32.4 Å². The fourth-order valence-electron chi connectivity index (χ4n) is 2.36. The lowest BCUT2D eigenvalue weighted by molar-refractivity contribution is 0.144. The van der Waals surface area contributed by atoms with Crippen LogP contribution in [0.3, 0.4) is 0 Å². The van der Waals surface area contributed by atoms with Crippen LogP contribution in [-0.4, -0.2) is 35.6 Å². The first kappa shape index (κ1) is 11.6. The summed E-state index contributed by atoms with van der Waals surface area (Å²) in [6.45, 7) is 6.70. The van der Waals surface area contributed by atoms with Gasteiger partial charge in [0.2, 0.25) is 0 Å². The van der Waals surface area contributed by atoms with Crippen molar-refractivity contribution in [1.29, 1.82) is 0 Å². The van der Waals surface area contributed by atoms with Crippen LogP contribution in [0.5, 0.6) is 0 Å². The molecule has 2 heterocycles. The Morgan fingerprint density at radius 2 is 2.50 bits per heavy atom.